The Balaban J connectivity index is 2.69. The molecule has 0 saturated heterocycles. The molecule has 0 N–H and O–H groups in total. The van der Waals surface area contributed by atoms with Gasteiger partial charge in [-0.15, -0.1) is 0 Å². The first-order chi connectivity index (χ1) is 5.72. The van der Waals surface area contributed by atoms with Crippen LogP contribution in [0.5, 0.6) is 5.75 Å². The molecule has 3 heteroatoms. The second-order valence-electron chi connectivity index (χ2n) is 2.37. The van der Waals surface area contributed by atoms with Crippen LogP contribution in [0.4, 0.5) is 0 Å². The average molecular weight is 198 g/mol. The van der Waals surface area contributed by atoms with Crippen LogP contribution in [0.25, 0.3) is 0 Å². The molecule has 0 amide bonds. The summed E-state index contributed by atoms with van der Waals surface area (Å²) in [4.78, 5) is 0. The molecule has 0 aliphatic carbocycles. The van der Waals surface area contributed by atoms with E-state index in [1.165, 1.54) is 17.3 Å². The third-order valence-electron chi connectivity index (χ3n) is 1.36. The van der Waals surface area contributed by atoms with Gasteiger partial charge < -0.3 is 4.74 Å². The minimum atomic E-state index is 0.556. The molecule has 0 aliphatic rings. The Kier molecular flexibility index (Phi) is 3.56. The van der Waals surface area contributed by atoms with Crippen LogP contribution in [0.3, 0.4) is 0 Å². The second-order valence-corrected chi connectivity index (χ2v) is 3.78. The van der Waals surface area contributed by atoms with Gasteiger partial charge in [0.05, 0.1) is 0 Å². The van der Waals surface area contributed by atoms with Crippen molar-refractivity contribution in [3.8, 4) is 5.75 Å². The molecule has 0 unspecified atom stereocenters. The van der Waals surface area contributed by atoms with Crippen LogP contribution in [-0.4, -0.2) is 10.6 Å². The molecular weight excluding hydrogens is 188 g/mol. The maximum absolute atomic E-state index is 5.34. The lowest BCUT2D eigenvalue weighted by molar-refractivity contribution is 0.579. The minimum Gasteiger partial charge on any atom is -0.440 e. The fraction of sp³-hybridized carbons (Fsp3) is 0.222. The Morgan fingerprint density at radius 3 is 2.83 bits per heavy atom. The van der Waals surface area contributed by atoms with E-state index in [-0.39, 0.29) is 0 Å². The Morgan fingerprint density at radius 2 is 2.25 bits per heavy atom. The smallest absolute Gasteiger partial charge is 0.225 e. The molecule has 0 heterocycles. The lowest BCUT2D eigenvalue weighted by Gasteiger charge is -2.03. The van der Waals surface area contributed by atoms with Crippen molar-refractivity contribution in [2.45, 2.75) is 6.92 Å². The molecule has 0 bridgehead atoms. The molecule has 12 heavy (non-hydrogen) atoms. The lowest BCUT2D eigenvalue weighted by Crippen LogP contribution is -1.98. The zero-order valence-corrected chi connectivity index (χ0v) is 8.67. The van der Waals surface area contributed by atoms with E-state index in [1.54, 1.807) is 0 Å². The summed E-state index contributed by atoms with van der Waals surface area (Å²) in [5.74, 6) is 0.814. The van der Waals surface area contributed by atoms with E-state index in [1.807, 2.05) is 37.4 Å². The molecule has 1 aromatic carbocycles. The Hall–Kier alpha value is -0.540. The van der Waals surface area contributed by atoms with E-state index < -0.39 is 0 Å². The largest absolute Gasteiger partial charge is 0.440 e. The van der Waals surface area contributed by atoms with Crippen molar-refractivity contribution in [1.82, 2.24) is 0 Å². The number of thioether (sulfide) groups is 1. The van der Waals surface area contributed by atoms with Crippen LogP contribution in [0.2, 0.25) is 0 Å². The van der Waals surface area contributed by atoms with Crippen molar-refractivity contribution in [2.75, 3.05) is 6.26 Å². The highest BCUT2D eigenvalue weighted by Gasteiger charge is 1.97. The minimum absolute atomic E-state index is 0.556. The second kappa shape index (κ2) is 4.48. The number of hydrogen-bond donors (Lipinski definition) is 0. The van der Waals surface area contributed by atoms with Crippen LogP contribution < -0.4 is 4.74 Å². The van der Waals surface area contributed by atoms with Gasteiger partial charge in [0.2, 0.25) is 4.38 Å². The predicted molar refractivity (Wildman–Crippen MR) is 57.9 cm³/mol. The van der Waals surface area contributed by atoms with Crippen molar-refractivity contribution in [2.24, 2.45) is 0 Å². The first kappa shape index (κ1) is 9.55. The van der Waals surface area contributed by atoms with Crippen LogP contribution in [0.15, 0.2) is 24.3 Å². The van der Waals surface area contributed by atoms with Crippen molar-refractivity contribution in [1.29, 1.82) is 0 Å². The van der Waals surface area contributed by atoms with Crippen LogP contribution in [0.1, 0.15) is 5.56 Å². The van der Waals surface area contributed by atoms with Gasteiger partial charge in [-0.05, 0) is 43.1 Å². The molecule has 0 aliphatic heterocycles. The SMILES string of the molecule is CSC(=S)Oc1cccc(C)c1. The van der Waals surface area contributed by atoms with E-state index >= 15 is 0 Å². The van der Waals surface area contributed by atoms with Gasteiger partial charge in [0.25, 0.3) is 0 Å². The highest BCUT2D eigenvalue weighted by Crippen LogP contribution is 2.14. The van der Waals surface area contributed by atoms with Crippen molar-refractivity contribution < 1.29 is 4.74 Å². The normalized spacial score (nSPS) is 9.50. The van der Waals surface area contributed by atoms with Gasteiger partial charge in [0.1, 0.15) is 5.75 Å². The Labute approximate surface area is 82.1 Å². The highest BCUT2D eigenvalue weighted by atomic mass is 32.2. The molecular formula is C9H10OS2. The number of aryl methyl sites for hydroxylation is 1. The summed E-state index contributed by atoms with van der Waals surface area (Å²) in [6.45, 7) is 2.02. The fourth-order valence-electron chi connectivity index (χ4n) is 0.817. The number of rotatable bonds is 1. The van der Waals surface area contributed by atoms with Gasteiger partial charge in [-0.3, -0.25) is 0 Å². The van der Waals surface area contributed by atoms with Gasteiger partial charge in [-0.1, -0.05) is 23.9 Å². The zero-order valence-electron chi connectivity index (χ0n) is 7.03. The molecule has 1 nitrogen and oxygen atoms in total. The van der Waals surface area contributed by atoms with Crippen LogP contribution >= 0.6 is 24.0 Å². The quantitative estimate of drug-likeness (QED) is 0.642. The molecule has 0 spiro atoms. The van der Waals surface area contributed by atoms with Gasteiger partial charge in [0.15, 0.2) is 0 Å². The molecule has 64 valence electrons. The number of thiocarbonyl (C=S) groups is 1. The van der Waals surface area contributed by atoms with Crippen molar-refractivity contribution in [3.05, 3.63) is 29.8 Å². The number of benzene rings is 1. The van der Waals surface area contributed by atoms with Crippen LogP contribution in [-0.2, 0) is 0 Å². The van der Waals surface area contributed by atoms with E-state index in [0.717, 1.165) is 5.75 Å². The third-order valence-corrected chi connectivity index (χ3v) is 2.36. The molecule has 0 atom stereocenters. The maximum atomic E-state index is 5.34. The standard InChI is InChI=1S/C9H10OS2/c1-7-4-3-5-8(6-7)10-9(11)12-2/h3-6H,1-2H3. The monoisotopic (exact) mass is 198 g/mol. The third kappa shape index (κ3) is 2.83. The summed E-state index contributed by atoms with van der Waals surface area (Å²) in [5.41, 5.74) is 1.18. The van der Waals surface area contributed by atoms with Gasteiger partial charge in [-0.25, -0.2) is 0 Å². The molecule has 0 saturated carbocycles. The maximum Gasteiger partial charge on any atom is 0.225 e. The summed E-state index contributed by atoms with van der Waals surface area (Å²) < 4.78 is 5.89. The molecule has 1 rings (SSSR count). The molecule has 1 aromatic rings. The fourth-order valence-corrected chi connectivity index (χ4v) is 1.09. The summed E-state index contributed by atoms with van der Waals surface area (Å²) in [7, 11) is 0. The lowest BCUT2D eigenvalue weighted by atomic mass is 10.2. The Bertz CT molecular complexity index is 284. The highest BCUT2D eigenvalue weighted by molar-refractivity contribution is 8.22. The van der Waals surface area contributed by atoms with Gasteiger partial charge >= 0.3 is 0 Å². The number of hydrogen-bond acceptors (Lipinski definition) is 3. The van der Waals surface area contributed by atoms with Crippen LogP contribution in [0, 0.1) is 6.92 Å². The topological polar surface area (TPSA) is 9.23 Å². The average Bonchev–Trinajstić information content (AvgIpc) is 2.04. The van der Waals surface area contributed by atoms with E-state index in [2.05, 4.69) is 0 Å². The predicted octanol–water partition coefficient (Wildman–Crippen LogP) is 3.02. The van der Waals surface area contributed by atoms with Gasteiger partial charge in [0, 0.05) is 0 Å². The summed E-state index contributed by atoms with van der Waals surface area (Å²) in [6.07, 6.45) is 1.90. The Morgan fingerprint density at radius 1 is 1.50 bits per heavy atom. The van der Waals surface area contributed by atoms with E-state index in [0.29, 0.717) is 4.38 Å². The molecule has 0 fully saturated rings. The van der Waals surface area contributed by atoms with Crippen molar-refractivity contribution >= 4 is 28.4 Å². The van der Waals surface area contributed by atoms with Gasteiger partial charge in [-0.2, -0.15) is 0 Å². The molecule has 0 aromatic heterocycles. The first-order valence-corrected chi connectivity index (χ1v) is 5.18. The summed E-state index contributed by atoms with van der Waals surface area (Å²) >= 11 is 6.36. The van der Waals surface area contributed by atoms with E-state index in [4.69, 9.17) is 17.0 Å². The molecule has 0 radical (unpaired) electrons. The van der Waals surface area contributed by atoms with E-state index in [9.17, 15) is 0 Å². The zero-order chi connectivity index (χ0) is 8.97. The summed E-state index contributed by atoms with van der Waals surface area (Å²) in [6, 6.07) is 7.83. The number of ether oxygens (including phenoxy) is 1. The summed E-state index contributed by atoms with van der Waals surface area (Å²) in [5, 5.41) is 0. The van der Waals surface area contributed by atoms with Crippen molar-refractivity contribution in [3.63, 3.8) is 0 Å². The first-order valence-electron chi connectivity index (χ1n) is 3.55.